The quantitative estimate of drug-likeness (QED) is 0.350. The highest BCUT2D eigenvalue weighted by Crippen LogP contribution is 2.42. The van der Waals surface area contributed by atoms with Crippen LogP contribution in [0.2, 0.25) is 0 Å². The Kier molecular flexibility index (Phi) is 5.77. The monoisotopic (exact) mass is 456 g/mol. The van der Waals surface area contributed by atoms with Gasteiger partial charge in [-0.2, -0.15) is 5.10 Å². The topological polar surface area (TPSA) is 128 Å². The second kappa shape index (κ2) is 9.18. The number of hydrogen-bond donors (Lipinski definition) is 4. The van der Waals surface area contributed by atoms with Crippen LogP contribution in [0.25, 0.3) is 11.0 Å². The summed E-state index contributed by atoms with van der Waals surface area (Å²) < 4.78 is 0. The largest absolute Gasteiger partial charge is 0.338 e. The third kappa shape index (κ3) is 4.38. The van der Waals surface area contributed by atoms with E-state index in [1.54, 1.807) is 36.8 Å². The Morgan fingerprint density at radius 1 is 1.06 bits per heavy atom. The molecule has 1 unspecified atom stereocenters. The van der Waals surface area contributed by atoms with Crippen LogP contribution >= 0.6 is 0 Å². The number of carbonyl (C=O) groups is 2. The Balaban J connectivity index is 1.21. The van der Waals surface area contributed by atoms with Crippen LogP contribution in [0.5, 0.6) is 0 Å². The maximum Gasteiger partial charge on any atom is 0.319 e. The summed E-state index contributed by atoms with van der Waals surface area (Å²) in [7, 11) is 0. The van der Waals surface area contributed by atoms with Crippen LogP contribution in [0.4, 0.5) is 27.7 Å². The van der Waals surface area contributed by atoms with Crippen molar-refractivity contribution >= 4 is 45.9 Å². The molecule has 1 atom stereocenters. The fourth-order valence-corrected chi connectivity index (χ4v) is 4.29. The first-order chi connectivity index (χ1) is 16.6. The van der Waals surface area contributed by atoms with E-state index in [0.29, 0.717) is 23.6 Å². The first-order valence-corrected chi connectivity index (χ1v) is 11.0. The van der Waals surface area contributed by atoms with Crippen molar-refractivity contribution in [1.82, 2.24) is 25.5 Å². The van der Waals surface area contributed by atoms with E-state index in [4.69, 9.17) is 0 Å². The summed E-state index contributed by atoms with van der Waals surface area (Å²) in [4.78, 5) is 34.4. The minimum Gasteiger partial charge on any atom is -0.338 e. The van der Waals surface area contributed by atoms with Crippen molar-refractivity contribution in [2.45, 2.75) is 19.3 Å². The predicted molar refractivity (Wildman–Crippen MR) is 130 cm³/mol. The van der Waals surface area contributed by atoms with Gasteiger partial charge in [0.05, 0.1) is 11.6 Å². The number of urea groups is 1. The van der Waals surface area contributed by atoms with E-state index >= 15 is 0 Å². The molecule has 10 heteroatoms. The molecule has 3 heterocycles. The van der Waals surface area contributed by atoms with Crippen molar-refractivity contribution in [1.29, 1.82) is 0 Å². The number of para-hydroxylation sites is 1. The van der Waals surface area contributed by atoms with E-state index in [1.807, 2.05) is 12.1 Å². The van der Waals surface area contributed by atoms with E-state index < -0.39 is 0 Å². The van der Waals surface area contributed by atoms with Gasteiger partial charge in [0.15, 0.2) is 5.65 Å². The molecule has 0 aliphatic carbocycles. The number of carbonyl (C=O) groups excluding carboxylic acids is 2. The van der Waals surface area contributed by atoms with Gasteiger partial charge < -0.3 is 20.9 Å². The van der Waals surface area contributed by atoms with Gasteiger partial charge in [-0.1, -0.05) is 18.2 Å². The first-order valence-electron chi connectivity index (χ1n) is 11.0. The lowest BCUT2D eigenvalue weighted by molar-refractivity contribution is -0.114. The first kappa shape index (κ1) is 21.4. The summed E-state index contributed by atoms with van der Waals surface area (Å²) in [5.74, 6) is 0.923. The van der Waals surface area contributed by atoms with Gasteiger partial charge in [-0.15, -0.1) is 0 Å². The lowest BCUT2D eigenvalue weighted by Gasteiger charge is -2.19. The van der Waals surface area contributed by atoms with Gasteiger partial charge in [0.25, 0.3) is 0 Å². The molecule has 4 N–H and O–H groups in total. The zero-order valence-corrected chi connectivity index (χ0v) is 18.6. The molecule has 0 spiro atoms. The zero-order chi connectivity index (χ0) is 23.5. The average molecular weight is 457 g/mol. The third-order valence-corrected chi connectivity index (χ3v) is 5.79. The number of amides is 3. The smallest absolute Gasteiger partial charge is 0.319 e. The number of nitrogens with one attached hydrogen (secondary N) is 4. The highest BCUT2D eigenvalue weighted by atomic mass is 16.2. The summed E-state index contributed by atoms with van der Waals surface area (Å²) in [6.45, 7) is 2.73. The molecule has 3 amide bonds. The van der Waals surface area contributed by atoms with Crippen LogP contribution < -0.4 is 20.9 Å². The summed E-state index contributed by atoms with van der Waals surface area (Å²) in [5, 5.41) is 16.3. The molecule has 4 aromatic rings. The minimum atomic E-state index is -0.272. The van der Waals surface area contributed by atoms with Crippen LogP contribution in [0.1, 0.15) is 24.8 Å². The Morgan fingerprint density at radius 2 is 1.82 bits per heavy atom. The minimum absolute atomic E-state index is 0.139. The molecule has 0 saturated carbocycles. The fraction of sp³-hybridized carbons (Fsp3) is 0.208. The highest BCUT2D eigenvalue weighted by Gasteiger charge is 2.30. The predicted octanol–water partition coefficient (Wildman–Crippen LogP) is 3.76. The van der Waals surface area contributed by atoms with Gasteiger partial charge in [0.1, 0.15) is 12.1 Å². The molecule has 10 nitrogen and oxygen atoms in total. The Hall–Kier alpha value is -4.47. The number of aromatic nitrogens is 4. The molecular weight excluding hydrogens is 432 g/mol. The van der Waals surface area contributed by atoms with E-state index in [0.717, 1.165) is 29.9 Å². The molecule has 2 aromatic heterocycles. The number of H-pyrrole nitrogens is 1. The average Bonchev–Trinajstić information content (AvgIpc) is 3.45. The van der Waals surface area contributed by atoms with Crippen molar-refractivity contribution in [3.8, 4) is 0 Å². The summed E-state index contributed by atoms with van der Waals surface area (Å²) >= 11 is 0. The van der Waals surface area contributed by atoms with Crippen molar-refractivity contribution < 1.29 is 9.59 Å². The fourth-order valence-electron chi connectivity index (χ4n) is 4.29. The number of hydrogen-bond acceptors (Lipinski definition) is 6. The lowest BCUT2D eigenvalue weighted by Crippen LogP contribution is -2.30. The molecule has 5 rings (SSSR count). The normalized spacial score (nSPS) is 14.6. The summed E-state index contributed by atoms with van der Waals surface area (Å²) in [5.41, 5.74) is 4.37. The molecule has 34 heavy (non-hydrogen) atoms. The van der Waals surface area contributed by atoms with Gasteiger partial charge in [0.2, 0.25) is 5.91 Å². The summed E-state index contributed by atoms with van der Waals surface area (Å²) in [6.07, 6.45) is 4.07. The number of aromatic amines is 1. The maximum atomic E-state index is 12.4. The lowest BCUT2D eigenvalue weighted by atomic mass is 9.98. The Labute approximate surface area is 195 Å². The van der Waals surface area contributed by atoms with E-state index in [1.165, 1.54) is 12.5 Å². The van der Waals surface area contributed by atoms with Crippen molar-refractivity contribution in [3.05, 3.63) is 66.6 Å². The Morgan fingerprint density at radius 3 is 2.62 bits per heavy atom. The van der Waals surface area contributed by atoms with E-state index in [9.17, 15) is 9.59 Å². The van der Waals surface area contributed by atoms with E-state index in [-0.39, 0.29) is 17.9 Å². The third-order valence-electron chi connectivity index (χ3n) is 5.79. The van der Waals surface area contributed by atoms with Gasteiger partial charge in [-0.25, -0.2) is 14.8 Å². The standard InChI is InChI=1S/C24H24N8O2/c1-15(33)29-17-6-8-18(9-7-17)30-24(34)25-11-10-16-13-32(21-5-3-2-4-19(16)21)23-20-12-28-31-22(20)26-14-27-23/h2-9,12,14,16H,10-11,13H2,1H3,(H,29,33)(H2,25,30,34)(H,26,27,28,31). The van der Waals surface area contributed by atoms with Crippen LogP contribution in [-0.2, 0) is 4.79 Å². The maximum absolute atomic E-state index is 12.4. The Bertz CT molecular complexity index is 1330. The van der Waals surface area contributed by atoms with Crippen molar-refractivity contribution in [3.63, 3.8) is 0 Å². The number of fused-ring (bicyclic) bond motifs is 2. The zero-order valence-electron chi connectivity index (χ0n) is 18.6. The van der Waals surface area contributed by atoms with Gasteiger partial charge in [-0.3, -0.25) is 9.89 Å². The van der Waals surface area contributed by atoms with Crippen LogP contribution in [0.15, 0.2) is 61.1 Å². The molecule has 0 bridgehead atoms. The molecule has 0 radical (unpaired) electrons. The highest BCUT2D eigenvalue weighted by molar-refractivity contribution is 5.92. The van der Waals surface area contributed by atoms with Crippen LogP contribution in [0, 0.1) is 0 Å². The second-order valence-corrected chi connectivity index (χ2v) is 8.12. The van der Waals surface area contributed by atoms with Crippen molar-refractivity contribution in [2.75, 3.05) is 28.6 Å². The molecule has 1 aliphatic rings. The number of benzene rings is 2. The second-order valence-electron chi connectivity index (χ2n) is 8.12. The SMILES string of the molecule is CC(=O)Nc1ccc(NC(=O)NCCC2CN(c3ncnc4[nH]ncc34)c3ccccc32)cc1. The molecule has 0 saturated heterocycles. The van der Waals surface area contributed by atoms with Crippen LogP contribution in [0.3, 0.4) is 0 Å². The van der Waals surface area contributed by atoms with Gasteiger partial charge in [0, 0.05) is 43.0 Å². The number of nitrogens with zero attached hydrogens (tertiary/aromatic N) is 4. The number of rotatable bonds is 6. The van der Waals surface area contributed by atoms with Crippen molar-refractivity contribution in [2.24, 2.45) is 0 Å². The molecule has 1 aliphatic heterocycles. The van der Waals surface area contributed by atoms with Crippen LogP contribution in [-0.4, -0.2) is 45.2 Å². The molecular formula is C24H24N8O2. The number of anilines is 4. The molecule has 172 valence electrons. The van der Waals surface area contributed by atoms with Gasteiger partial charge >= 0.3 is 6.03 Å². The molecule has 2 aromatic carbocycles. The summed E-state index contributed by atoms with van der Waals surface area (Å²) in [6, 6.07) is 15.0. The molecule has 0 fully saturated rings. The van der Waals surface area contributed by atoms with Gasteiger partial charge in [-0.05, 0) is 42.3 Å². The van der Waals surface area contributed by atoms with E-state index in [2.05, 4.69) is 53.1 Å².